The van der Waals surface area contributed by atoms with Crippen molar-refractivity contribution in [3.8, 4) is 0 Å². The minimum absolute atomic E-state index is 0.228. The number of carbonyl (C=O) groups is 1. The summed E-state index contributed by atoms with van der Waals surface area (Å²) in [6.07, 6.45) is 16.3. The number of nitrogens with two attached hydrogens (primary N) is 1. The van der Waals surface area contributed by atoms with Crippen molar-refractivity contribution in [2.45, 2.75) is 122 Å². The number of unbranched alkanes of at least 4 members (excludes halogenated alkanes) is 14. The molecule has 0 aliphatic heterocycles. The van der Waals surface area contributed by atoms with Crippen molar-refractivity contribution in [2.24, 2.45) is 5.73 Å². The van der Waals surface area contributed by atoms with Crippen molar-refractivity contribution in [3.05, 3.63) is 0 Å². The van der Waals surface area contributed by atoms with Crippen LogP contribution >= 0.6 is 7.82 Å². The lowest BCUT2D eigenvalue weighted by Crippen LogP contribution is -2.32. The molecule has 0 aromatic rings. The molecular formula is C23H48NO7P. The molecule has 8 nitrogen and oxygen atoms in total. The van der Waals surface area contributed by atoms with E-state index in [1.807, 2.05) is 0 Å². The summed E-state index contributed by atoms with van der Waals surface area (Å²) in [5.74, 6) is -0.331. The average Bonchev–Trinajstić information content (AvgIpc) is 2.78. The molecule has 0 radical (unpaired) electrons. The zero-order chi connectivity index (χ0) is 24.1. The fourth-order valence-corrected chi connectivity index (χ4v) is 4.44. The molecule has 0 rings (SSSR count). The molecule has 192 valence electrons. The summed E-state index contributed by atoms with van der Waals surface area (Å²) in [5, 5.41) is 17.9. The van der Waals surface area contributed by atoms with Crippen LogP contribution < -0.4 is 5.73 Å². The molecule has 0 heterocycles. The van der Waals surface area contributed by atoms with Crippen LogP contribution in [0.15, 0.2) is 0 Å². The molecule has 0 aliphatic carbocycles. The number of phosphoric acid groups is 1. The molecule has 0 saturated carbocycles. The summed E-state index contributed by atoms with van der Waals surface area (Å²) >= 11 is 0. The SMILES string of the molecule is CCCCCCCCCCCCCCCCCC(=O)C(CN)OP(=O)(O)OC[C@H](O)CO. The number of rotatable bonds is 24. The Morgan fingerprint density at radius 1 is 0.875 bits per heavy atom. The van der Waals surface area contributed by atoms with Crippen molar-refractivity contribution < 1.29 is 33.5 Å². The first-order chi connectivity index (χ1) is 15.4. The smallest absolute Gasteiger partial charge is 0.394 e. The molecule has 3 atom stereocenters. The maximum atomic E-state index is 12.2. The molecular weight excluding hydrogens is 433 g/mol. The van der Waals surface area contributed by atoms with Gasteiger partial charge in [-0.1, -0.05) is 96.8 Å². The lowest BCUT2D eigenvalue weighted by atomic mass is 10.0. The molecule has 0 aromatic carbocycles. The van der Waals surface area contributed by atoms with E-state index >= 15 is 0 Å². The zero-order valence-corrected chi connectivity index (χ0v) is 21.0. The molecule has 0 aromatic heterocycles. The average molecular weight is 482 g/mol. The van der Waals surface area contributed by atoms with Crippen LogP contribution in [0.2, 0.25) is 0 Å². The summed E-state index contributed by atoms with van der Waals surface area (Å²) in [4.78, 5) is 21.8. The van der Waals surface area contributed by atoms with Gasteiger partial charge >= 0.3 is 7.82 Å². The highest BCUT2D eigenvalue weighted by Crippen LogP contribution is 2.44. The number of hydrogen-bond donors (Lipinski definition) is 4. The van der Waals surface area contributed by atoms with Gasteiger partial charge in [0.2, 0.25) is 0 Å². The van der Waals surface area contributed by atoms with Gasteiger partial charge in [-0.2, -0.15) is 0 Å². The fraction of sp³-hybridized carbons (Fsp3) is 0.957. The molecule has 0 fully saturated rings. The van der Waals surface area contributed by atoms with E-state index in [4.69, 9.17) is 20.5 Å². The number of aliphatic hydroxyl groups is 2. The Labute approximate surface area is 194 Å². The van der Waals surface area contributed by atoms with E-state index in [0.29, 0.717) is 6.42 Å². The third-order valence-electron chi connectivity index (χ3n) is 5.50. The van der Waals surface area contributed by atoms with Crippen molar-refractivity contribution in [1.29, 1.82) is 0 Å². The highest BCUT2D eigenvalue weighted by Gasteiger charge is 2.30. The Balaban J connectivity index is 3.69. The normalized spacial score (nSPS) is 15.4. The van der Waals surface area contributed by atoms with Crippen LogP contribution in [-0.2, 0) is 18.4 Å². The number of aliphatic hydroxyl groups excluding tert-OH is 2. The van der Waals surface area contributed by atoms with Gasteiger partial charge in [-0.3, -0.25) is 13.8 Å². The van der Waals surface area contributed by atoms with E-state index in [9.17, 15) is 14.3 Å². The summed E-state index contributed by atoms with van der Waals surface area (Å²) in [5.41, 5.74) is 5.50. The maximum Gasteiger partial charge on any atom is 0.473 e. The van der Waals surface area contributed by atoms with Gasteiger partial charge in [-0.25, -0.2) is 4.57 Å². The van der Waals surface area contributed by atoms with Crippen molar-refractivity contribution in [3.63, 3.8) is 0 Å². The van der Waals surface area contributed by atoms with Gasteiger partial charge in [0, 0.05) is 13.0 Å². The van der Waals surface area contributed by atoms with Crippen LogP contribution in [0.5, 0.6) is 0 Å². The molecule has 0 amide bonds. The Morgan fingerprint density at radius 2 is 1.31 bits per heavy atom. The Kier molecular flexibility index (Phi) is 21.0. The first-order valence-corrected chi connectivity index (χ1v) is 14.0. The second-order valence-corrected chi connectivity index (χ2v) is 10.0. The van der Waals surface area contributed by atoms with Gasteiger partial charge in [-0.05, 0) is 6.42 Å². The van der Waals surface area contributed by atoms with Crippen LogP contribution in [0.4, 0.5) is 0 Å². The lowest BCUT2D eigenvalue weighted by Gasteiger charge is -2.19. The summed E-state index contributed by atoms with van der Waals surface area (Å²) in [6.45, 7) is 0.832. The van der Waals surface area contributed by atoms with Gasteiger partial charge in [0.1, 0.15) is 12.2 Å². The van der Waals surface area contributed by atoms with Crippen LogP contribution in [0.3, 0.4) is 0 Å². The summed E-state index contributed by atoms with van der Waals surface area (Å²) in [6, 6.07) is 0. The van der Waals surface area contributed by atoms with Crippen molar-refractivity contribution in [2.75, 3.05) is 19.8 Å². The molecule has 0 aliphatic rings. The number of ketones is 1. The van der Waals surface area contributed by atoms with Gasteiger partial charge in [0.25, 0.3) is 0 Å². The summed E-state index contributed by atoms with van der Waals surface area (Å²) < 4.78 is 21.2. The van der Waals surface area contributed by atoms with E-state index in [1.54, 1.807) is 0 Å². The third kappa shape index (κ3) is 19.2. The topological polar surface area (TPSA) is 139 Å². The van der Waals surface area contributed by atoms with Crippen LogP contribution in [0, 0.1) is 0 Å². The molecule has 5 N–H and O–H groups in total. The lowest BCUT2D eigenvalue weighted by molar-refractivity contribution is -0.126. The third-order valence-corrected chi connectivity index (χ3v) is 6.50. The second kappa shape index (κ2) is 21.2. The predicted octanol–water partition coefficient (Wildman–Crippen LogP) is 4.63. The Bertz CT molecular complexity index is 493. The fourth-order valence-electron chi connectivity index (χ4n) is 3.49. The van der Waals surface area contributed by atoms with Crippen LogP contribution in [-0.4, -0.2) is 52.9 Å². The van der Waals surface area contributed by atoms with E-state index in [1.165, 1.54) is 70.6 Å². The molecule has 2 unspecified atom stereocenters. The van der Waals surface area contributed by atoms with E-state index < -0.39 is 33.2 Å². The second-order valence-electron chi connectivity index (χ2n) is 8.60. The van der Waals surface area contributed by atoms with Crippen LogP contribution in [0.25, 0.3) is 0 Å². The first kappa shape index (κ1) is 31.7. The van der Waals surface area contributed by atoms with Crippen LogP contribution in [0.1, 0.15) is 110 Å². The number of phosphoric ester groups is 1. The number of carbonyl (C=O) groups excluding carboxylic acids is 1. The standard InChI is InChI=1S/C23H48NO7P/c1-2-3-4-5-6-7-8-9-10-11-12-13-14-15-16-17-22(27)23(18-24)31-32(28,29)30-20-21(26)19-25/h21,23,25-26H,2-20,24H2,1H3,(H,28,29)/t21-,23?/m1/s1. The molecule has 0 spiro atoms. The zero-order valence-electron chi connectivity index (χ0n) is 20.1. The minimum Gasteiger partial charge on any atom is -0.394 e. The minimum atomic E-state index is -4.53. The van der Waals surface area contributed by atoms with E-state index in [2.05, 4.69) is 11.4 Å². The van der Waals surface area contributed by atoms with Gasteiger partial charge < -0.3 is 20.8 Å². The molecule has 0 saturated heterocycles. The Morgan fingerprint density at radius 3 is 1.72 bits per heavy atom. The largest absolute Gasteiger partial charge is 0.473 e. The first-order valence-electron chi connectivity index (χ1n) is 12.5. The number of hydrogen-bond acceptors (Lipinski definition) is 7. The predicted molar refractivity (Wildman–Crippen MR) is 127 cm³/mol. The van der Waals surface area contributed by atoms with Crippen molar-refractivity contribution >= 4 is 13.6 Å². The Hall–Kier alpha value is -0.340. The number of Topliss-reactive ketones (excluding diaryl/α,β-unsaturated/α-hetero) is 1. The van der Waals surface area contributed by atoms with E-state index in [-0.39, 0.29) is 18.7 Å². The van der Waals surface area contributed by atoms with Gasteiger partial charge in [-0.15, -0.1) is 0 Å². The van der Waals surface area contributed by atoms with Gasteiger partial charge in [0.15, 0.2) is 5.78 Å². The molecule has 32 heavy (non-hydrogen) atoms. The monoisotopic (exact) mass is 481 g/mol. The maximum absolute atomic E-state index is 12.2. The summed E-state index contributed by atoms with van der Waals surface area (Å²) in [7, 11) is -4.53. The van der Waals surface area contributed by atoms with E-state index in [0.717, 1.165) is 19.3 Å². The van der Waals surface area contributed by atoms with Crippen molar-refractivity contribution in [1.82, 2.24) is 0 Å². The van der Waals surface area contributed by atoms with Gasteiger partial charge in [0.05, 0.1) is 13.2 Å². The quantitative estimate of drug-likeness (QED) is 0.116. The highest BCUT2D eigenvalue weighted by molar-refractivity contribution is 7.47. The highest BCUT2D eigenvalue weighted by atomic mass is 31.2. The molecule has 9 heteroatoms. The molecule has 0 bridgehead atoms.